The van der Waals surface area contributed by atoms with Gasteiger partial charge < -0.3 is 10.1 Å². The number of nitriles is 1. The molecule has 1 N–H and O–H groups in total. The van der Waals surface area contributed by atoms with Crippen molar-refractivity contribution in [1.82, 2.24) is 0 Å². The van der Waals surface area contributed by atoms with Crippen molar-refractivity contribution in [3.8, 4) is 11.8 Å². The van der Waals surface area contributed by atoms with Crippen molar-refractivity contribution in [2.24, 2.45) is 0 Å². The summed E-state index contributed by atoms with van der Waals surface area (Å²) in [6.07, 6.45) is -2.53. The Morgan fingerprint density at radius 1 is 1.18 bits per heavy atom. The van der Waals surface area contributed by atoms with Crippen molar-refractivity contribution in [3.63, 3.8) is 0 Å². The maximum Gasteiger partial charge on any atom is 0.272 e. The molecular weight excluding hydrogens is 293 g/mol. The Morgan fingerprint density at radius 2 is 1.95 bits per heavy atom. The maximum absolute atomic E-state index is 13.5. The molecular formula is C16H13F3N2O. The molecule has 0 atom stereocenters. The van der Waals surface area contributed by atoms with Crippen LogP contribution >= 0.6 is 0 Å². The van der Waals surface area contributed by atoms with E-state index in [0.717, 1.165) is 5.56 Å². The summed E-state index contributed by atoms with van der Waals surface area (Å²) in [5, 5.41) is 11.9. The summed E-state index contributed by atoms with van der Waals surface area (Å²) in [4.78, 5) is 0. The van der Waals surface area contributed by atoms with Gasteiger partial charge in [-0.1, -0.05) is 18.2 Å². The van der Waals surface area contributed by atoms with Gasteiger partial charge in [0, 0.05) is 6.54 Å². The monoisotopic (exact) mass is 306 g/mol. The molecule has 0 heterocycles. The van der Waals surface area contributed by atoms with Crippen molar-refractivity contribution in [2.45, 2.75) is 13.0 Å². The third-order valence-electron chi connectivity index (χ3n) is 2.88. The van der Waals surface area contributed by atoms with Crippen LogP contribution in [0, 0.1) is 17.1 Å². The smallest absolute Gasteiger partial charge is 0.272 e. The maximum atomic E-state index is 13.5. The van der Waals surface area contributed by atoms with E-state index in [0.29, 0.717) is 18.0 Å². The van der Waals surface area contributed by atoms with Gasteiger partial charge in [-0.15, -0.1) is 0 Å². The van der Waals surface area contributed by atoms with Crippen LogP contribution in [0.4, 0.5) is 18.9 Å². The van der Waals surface area contributed by atoms with Crippen LogP contribution in [-0.2, 0) is 6.54 Å². The van der Waals surface area contributed by atoms with Crippen LogP contribution < -0.4 is 10.1 Å². The molecule has 0 spiro atoms. The van der Waals surface area contributed by atoms with Gasteiger partial charge in [-0.25, -0.2) is 13.2 Å². The Morgan fingerprint density at radius 3 is 2.68 bits per heavy atom. The fourth-order valence-electron chi connectivity index (χ4n) is 1.89. The first-order valence-electron chi connectivity index (χ1n) is 6.52. The molecule has 3 nitrogen and oxygen atoms in total. The van der Waals surface area contributed by atoms with Gasteiger partial charge in [0.05, 0.1) is 5.69 Å². The van der Waals surface area contributed by atoms with Crippen molar-refractivity contribution in [2.75, 3.05) is 11.9 Å². The van der Waals surface area contributed by atoms with E-state index in [1.165, 1.54) is 12.1 Å². The number of nitrogens with one attached hydrogen (secondary N) is 1. The Labute approximate surface area is 126 Å². The highest BCUT2D eigenvalue weighted by Crippen LogP contribution is 2.20. The number of benzene rings is 2. The van der Waals surface area contributed by atoms with Gasteiger partial charge in [-0.05, 0) is 29.8 Å². The van der Waals surface area contributed by atoms with Crippen LogP contribution in [0.5, 0.6) is 5.75 Å². The third kappa shape index (κ3) is 4.16. The Hall–Kier alpha value is -2.68. The summed E-state index contributed by atoms with van der Waals surface area (Å²) in [7, 11) is 0. The van der Waals surface area contributed by atoms with Crippen LogP contribution in [0.15, 0.2) is 42.5 Å². The quantitative estimate of drug-likeness (QED) is 0.879. The summed E-state index contributed by atoms with van der Waals surface area (Å²) in [6, 6.07) is 12.7. The lowest BCUT2D eigenvalue weighted by molar-refractivity contribution is 0.0818. The van der Waals surface area contributed by atoms with Crippen LogP contribution in [0.3, 0.4) is 0 Å². The van der Waals surface area contributed by atoms with Gasteiger partial charge in [0.1, 0.15) is 29.8 Å². The molecule has 0 aromatic heterocycles. The van der Waals surface area contributed by atoms with Crippen molar-refractivity contribution in [1.29, 1.82) is 5.26 Å². The van der Waals surface area contributed by atoms with E-state index in [4.69, 9.17) is 10.00 Å². The first-order chi connectivity index (χ1) is 10.6. The molecule has 2 aromatic rings. The van der Waals surface area contributed by atoms with E-state index in [1.54, 1.807) is 36.4 Å². The van der Waals surface area contributed by atoms with Crippen LogP contribution in [-0.4, -0.2) is 13.0 Å². The standard InChI is InChI=1S/C16H13F3N2O/c17-14-5-2-6-15(13(14)8-20)21-9-11-3-1-4-12(7-11)22-10-16(18)19/h1-7,16,21H,9-10H2. The zero-order valence-corrected chi connectivity index (χ0v) is 11.5. The highest BCUT2D eigenvalue weighted by molar-refractivity contribution is 5.58. The lowest BCUT2D eigenvalue weighted by Gasteiger charge is -2.10. The van der Waals surface area contributed by atoms with Crippen LogP contribution in [0.2, 0.25) is 0 Å². The highest BCUT2D eigenvalue weighted by atomic mass is 19.3. The van der Waals surface area contributed by atoms with E-state index in [2.05, 4.69) is 5.32 Å². The van der Waals surface area contributed by atoms with E-state index < -0.39 is 18.8 Å². The minimum atomic E-state index is -2.53. The van der Waals surface area contributed by atoms with E-state index >= 15 is 0 Å². The molecule has 0 aliphatic carbocycles. The zero-order chi connectivity index (χ0) is 15.9. The number of rotatable bonds is 6. The fraction of sp³-hybridized carbons (Fsp3) is 0.188. The molecule has 6 heteroatoms. The average Bonchev–Trinajstić information content (AvgIpc) is 2.51. The van der Waals surface area contributed by atoms with Gasteiger partial charge in [-0.3, -0.25) is 0 Å². The summed E-state index contributed by atoms with van der Waals surface area (Å²) >= 11 is 0. The number of alkyl halides is 2. The molecule has 2 aromatic carbocycles. The van der Waals surface area contributed by atoms with Crippen molar-refractivity contribution in [3.05, 3.63) is 59.4 Å². The number of anilines is 1. The molecule has 22 heavy (non-hydrogen) atoms. The largest absolute Gasteiger partial charge is 0.488 e. The predicted octanol–water partition coefficient (Wildman–Crippen LogP) is 3.95. The van der Waals surface area contributed by atoms with Crippen LogP contribution in [0.1, 0.15) is 11.1 Å². The molecule has 0 unspecified atom stereocenters. The number of halogens is 3. The number of hydrogen-bond donors (Lipinski definition) is 1. The average molecular weight is 306 g/mol. The fourth-order valence-corrected chi connectivity index (χ4v) is 1.89. The Bertz CT molecular complexity index is 683. The summed E-state index contributed by atoms with van der Waals surface area (Å²) in [5.41, 5.74) is 1.08. The highest BCUT2D eigenvalue weighted by Gasteiger charge is 2.08. The first-order valence-corrected chi connectivity index (χ1v) is 6.52. The second-order valence-corrected chi connectivity index (χ2v) is 4.48. The molecule has 0 saturated heterocycles. The van der Waals surface area contributed by atoms with Crippen LogP contribution in [0.25, 0.3) is 0 Å². The molecule has 0 aliphatic rings. The molecule has 2 rings (SSSR count). The second-order valence-electron chi connectivity index (χ2n) is 4.48. The molecule has 0 saturated carbocycles. The number of hydrogen-bond acceptors (Lipinski definition) is 3. The normalized spacial score (nSPS) is 10.3. The van der Waals surface area contributed by atoms with Crippen molar-refractivity contribution >= 4 is 5.69 Å². The van der Waals surface area contributed by atoms with Gasteiger partial charge >= 0.3 is 0 Å². The lowest BCUT2D eigenvalue weighted by atomic mass is 10.1. The van der Waals surface area contributed by atoms with Gasteiger partial charge in [0.2, 0.25) is 0 Å². The SMILES string of the molecule is N#Cc1c(F)cccc1NCc1cccc(OCC(F)F)c1. The molecule has 114 valence electrons. The lowest BCUT2D eigenvalue weighted by Crippen LogP contribution is -2.07. The third-order valence-corrected chi connectivity index (χ3v) is 2.88. The Balaban J connectivity index is 2.05. The number of ether oxygens (including phenoxy) is 1. The number of nitrogens with zero attached hydrogens (tertiary/aromatic N) is 1. The van der Waals surface area contributed by atoms with Gasteiger partial charge in [-0.2, -0.15) is 5.26 Å². The van der Waals surface area contributed by atoms with E-state index in [9.17, 15) is 13.2 Å². The predicted molar refractivity (Wildman–Crippen MR) is 76.4 cm³/mol. The molecule has 0 radical (unpaired) electrons. The van der Waals surface area contributed by atoms with Gasteiger partial charge in [0.15, 0.2) is 0 Å². The Kier molecular flexibility index (Phi) is 5.26. The zero-order valence-electron chi connectivity index (χ0n) is 11.5. The molecule has 0 fully saturated rings. The minimum Gasteiger partial charge on any atom is -0.488 e. The molecule has 0 amide bonds. The minimum absolute atomic E-state index is 0.0624. The summed E-state index contributed by atoms with van der Waals surface area (Å²) in [6.45, 7) is -0.358. The summed E-state index contributed by atoms with van der Waals surface area (Å²) in [5.74, 6) is -0.263. The van der Waals surface area contributed by atoms with Gasteiger partial charge in [0.25, 0.3) is 6.43 Å². The second kappa shape index (κ2) is 7.36. The first kappa shape index (κ1) is 15.7. The van der Waals surface area contributed by atoms with Crippen molar-refractivity contribution < 1.29 is 17.9 Å². The molecule has 0 aliphatic heterocycles. The summed E-state index contributed by atoms with van der Waals surface area (Å²) < 4.78 is 42.6. The van der Waals surface area contributed by atoms with E-state index in [-0.39, 0.29) is 5.56 Å². The van der Waals surface area contributed by atoms with E-state index in [1.807, 2.05) is 0 Å². The topological polar surface area (TPSA) is 45.0 Å². The molecule has 0 bridgehead atoms.